The van der Waals surface area contributed by atoms with Gasteiger partial charge in [-0.2, -0.15) is 0 Å². The number of aliphatic hydroxyl groups is 2. The zero-order valence-corrected chi connectivity index (χ0v) is 30.5. The summed E-state index contributed by atoms with van der Waals surface area (Å²) in [6.45, 7) is 10.8. The van der Waals surface area contributed by atoms with Gasteiger partial charge in [-0.25, -0.2) is 4.79 Å². The van der Waals surface area contributed by atoms with Crippen molar-refractivity contribution < 1.29 is 67.3 Å². The van der Waals surface area contributed by atoms with E-state index in [9.17, 15) is 34.2 Å². The maximum atomic E-state index is 12.7. The lowest BCUT2D eigenvalue weighted by molar-refractivity contribution is -0.326. The van der Waals surface area contributed by atoms with E-state index in [0.29, 0.717) is 44.9 Å². The summed E-state index contributed by atoms with van der Waals surface area (Å²) in [7, 11) is 0. The third kappa shape index (κ3) is 6.37. The van der Waals surface area contributed by atoms with E-state index in [1.807, 2.05) is 13.8 Å². The van der Waals surface area contributed by atoms with Gasteiger partial charge in [-0.1, -0.05) is 13.8 Å². The van der Waals surface area contributed by atoms with Crippen molar-refractivity contribution in [3.8, 4) is 0 Å². The topological polar surface area (TPSA) is 190 Å². The lowest BCUT2D eigenvalue weighted by atomic mass is 9.41. The van der Waals surface area contributed by atoms with E-state index in [1.165, 1.54) is 33.8 Å². The van der Waals surface area contributed by atoms with Crippen molar-refractivity contribution in [2.75, 3.05) is 6.61 Å². The molecule has 1 saturated heterocycles. The highest BCUT2D eigenvalue weighted by atomic mass is 16.7. The van der Waals surface area contributed by atoms with Crippen LogP contribution in [0.5, 0.6) is 0 Å². The van der Waals surface area contributed by atoms with Crippen LogP contribution in [0.2, 0.25) is 0 Å². The fourth-order valence-corrected chi connectivity index (χ4v) is 11.1. The summed E-state index contributed by atoms with van der Waals surface area (Å²) in [5, 5.41) is 25.4. The molecule has 2 aliphatic heterocycles. The van der Waals surface area contributed by atoms with Crippen LogP contribution in [0.25, 0.3) is 0 Å². The number of ether oxygens (including phenoxy) is 7. The molecule has 0 unspecified atom stereocenters. The summed E-state index contributed by atoms with van der Waals surface area (Å²) in [5.74, 6) is -3.60. The van der Waals surface area contributed by atoms with Crippen molar-refractivity contribution in [2.45, 2.75) is 154 Å². The van der Waals surface area contributed by atoms with Crippen LogP contribution in [0, 0.1) is 28.6 Å². The van der Waals surface area contributed by atoms with Gasteiger partial charge in [0.15, 0.2) is 24.6 Å². The summed E-state index contributed by atoms with van der Waals surface area (Å²) >= 11 is 0. The van der Waals surface area contributed by atoms with Gasteiger partial charge in [0.05, 0.1) is 23.4 Å². The Morgan fingerprint density at radius 1 is 0.784 bits per heavy atom. The highest BCUT2D eigenvalue weighted by Gasteiger charge is 2.73. The molecule has 0 aromatic carbocycles. The van der Waals surface area contributed by atoms with E-state index in [-0.39, 0.29) is 36.8 Å². The van der Waals surface area contributed by atoms with Gasteiger partial charge in [0.25, 0.3) is 0 Å². The summed E-state index contributed by atoms with van der Waals surface area (Å²) in [6.07, 6.45) is -1.75. The second-order valence-electron chi connectivity index (χ2n) is 16.2. The number of hydrogen-bond acceptors (Lipinski definition) is 14. The molecule has 14 nitrogen and oxygen atoms in total. The number of rotatable bonds is 7. The second-order valence-corrected chi connectivity index (χ2v) is 16.2. The SMILES string of the molecule is CC(=O)O[C@@H]1[C@@H](OC(C)=O)[C@H](C)O[C@@H](O[C@H]2CC[C@]3(C)[C@H]4[C@@H](CC[C@]3(O)C2)[C@@]2(O)CC[C@@H](C3=CC(=O)OC3)[C@@]2(C)C[C@H]4OC(C)=O)[C@@H]1OC(C)=O. The van der Waals surface area contributed by atoms with Gasteiger partial charge < -0.3 is 43.4 Å². The van der Waals surface area contributed by atoms with Gasteiger partial charge in [0.1, 0.15) is 12.7 Å². The lowest BCUT2D eigenvalue weighted by Gasteiger charge is -2.67. The minimum absolute atomic E-state index is 0.120. The number of esters is 5. The maximum absolute atomic E-state index is 12.7. The van der Waals surface area contributed by atoms with Crippen LogP contribution in [0.15, 0.2) is 11.6 Å². The standard InChI is InChI=1S/C37H52O14/c1-18-30(48-20(3)39)31(49-21(4)40)32(50-22(5)41)33(46-18)51-24-8-11-34(6)29-26(9-12-36(34,43)15-24)37(44)13-10-25(23-14-28(42)45-17-23)35(37,7)16-27(29)47-19(2)38/h14,18,24-27,29-33,43-44H,8-13,15-17H2,1-7H3/t18-,24-,25-,26+,27+,29-,30-,31+,32+,33-,34+,35+,36-,37-/m0/s1. The molecule has 0 spiro atoms. The van der Waals surface area contributed by atoms with E-state index in [1.54, 1.807) is 6.92 Å². The predicted molar refractivity (Wildman–Crippen MR) is 174 cm³/mol. The summed E-state index contributed by atoms with van der Waals surface area (Å²) < 4.78 is 40.5. The number of carbonyl (C=O) groups is 5. The Bertz CT molecular complexity index is 1480. The Kier molecular flexibility index (Phi) is 9.91. The molecule has 6 aliphatic rings. The minimum atomic E-state index is -1.29. The fourth-order valence-electron chi connectivity index (χ4n) is 11.1. The van der Waals surface area contributed by atoms with Crippen molar-refractivity contribution in [3.05, 3.63) is 11.6 Å². The summed E-state index contributed by atoms with van der Waals surface area (Å²) in [4.78, 5) is 61.0. The quantitative estimate of drug-likeness (QED) is 0.222. The third-order valence-electron chi connectivity index (χ3n) is 13.3. The van der Waals surface area contributed by atoms with Crippen molar-refractivity contribution in [3.63, 3.8) is 0 Å². The van der Waals surface area contributed by atoms with Crippen molar-refractivity contribution in [2.24, 2.45) is 28.6 Å². The van der Waals surface area contributed by atoms with Gasteiger partial charge >= 0.3 is 29.8 Å². The first kappa shape index (κ1) is 37.7. The summed E-state index contributed by atoms with van der Waals surface area (Å²) in [6, 6.07) is 0. The minimum Gasteiger partial charge on any atom is -0.462 e. The molecule has 284 valence electrons. The van der Waals surface area contributed by atoms with Crippen molar-refractivity contribution in [1.29, 1.82) is 0 Å². The monoisotopic (exact) mass is 720 g/mol. The molecule has 51 heavy (non-hydrogen) atoms. The molecule has 0 aromatic rings. The number of hydrogen-bond donors (Lipinski definition) is 2. The Balaban J connectivity index is 1.27. The van der Waals surface area contributed by atoms with Crippen LogP contribution in [-0.2, 0) is 57.1 Å². The van der Waals surface area contributed by atoms with E-state index in [4.69, 9.17) is 33.2 Å². The molecule has 0 bridgehead atoms. The molecule has 14 atom stereocenters. The largest absolute Gasteiger partial charge is 0.462 e. The average molecular weight is 721 g/mol. The van der Waals surface area contributed by atoms with Gasteiger partial charge in [-0.05, 0) is 69.3 Å². The first-order valence-electron chi connectivity index (χ1n) is 18.1. The smallest absolute Gasteiger partial charge is 0.331 e. The Morgan fingerprint density at radius 2 is 1.41 bits per heavy atom. The molecule has 5 fully saturated rings. The molecule has 6 rings (SSSR count). The zero-order valence-electron chi connectivity index (χ0n) is 30.5. The van der Waals surface area contributed by atoms with E-state index >= 15 is 0 Å². The van der Waals surface area contributed by atoms with E-state index < -0.39 is 88.8 Å². The molecule has 4 aliphatic carbocycles. The number of fused-ring (bicyclic) bond motifs is 5. The number of carbonyl (C=O) groups excluding carboxylic acids is 5. The lowest BCUT2D eigenvalue weighted by Crippen LogP contribution is -2.71. The Morgan fingerprint density at radius 3 is 2.02 bits per heavy atom. The summed E-state index contributed by atoms with van der Waals surface area (Å²) in [5.41, 5.74) is -3.04. The van der Waals surface area contributed by atoms with Crippen LogP contribution < -0.4 is 0 Å². The van der Waals surface area contributed by atoms with Gasteiger partial charge in [-0.15, -0.1) is 0 Å². The normalized spacial score (nSPS) is 46.0. The molecule has 2 heterocycles. The number of cyclic esters (lactones) is 1. The Labute approximate surface area is 297 Å². The van der Waals surface area contributed by atoms with Gasteiger partial charge in [0, 0.05) is 56.9 Å². The van der Waals surface area contributed by atoms with Gasteiger partial charge in [-0.3, -0.25) is 19.2 Å². The predicted octanol–water partition coefficient (Wildman–Crippen LogP) is 2.83. The highest BCUT2D eigenvalue weighted by Crippen LogP contribution is 2.71. The van der Waals surface area contributed by atoms with Crippen LogP contribution in [0.4, 0.5) is 0 Å². The van der Waals surface area contributed by atoms with Crippen LogP contribution in [0.3, 0.4) is 0 Å². The van der Waals surface area contributed by atoms with Gasteiger partial charge in [0.2, 0.25) is 0 Å². The second kappa shape index (κ2) is 13.4. The fraction of sp³-hybridized carbons (Fsp3) is 0.811. The molecule has 0 radical (unpaired) electrons. The highest BCUT2D eigenvalue weighted by molar-refractivity contribution is 5.85. The molecule has 14 heteroatoms. The first-order chi connectivity index (χ1) is 23.8. The van der Waals surface area contributed by atoms with Crippen LogP contribution >= 0.6 is 0 Å². The van der Waals surface area contributed by atoms with Crippen LogP contribution in [-0.4, -0.2) is 101 Å². The molecule has 0 amide bonds. The molecular formula is C37H52O14. The third-order valence-corrected chi connectivity index (χ3v) is 13.3. The molecular weight excluding hydrogens is 668 g/mol. The molecule has 0 aromatic heterocycles. The van der Waals surface area contributed by atoms with E-state index in [0.717, 1.165) is 5.57 Å². The van der Waals surface area contributed by atoms with Crippen LogP contribution in [0.1, 0.15) is 99.8 Å². The zero-order chi connectivity index (χ0) is 37.3. The van der Waals surface area contributed by atoms with Crippen molar-refractivity contribution in [1.82, 2.24) is 0 Å². The average Bonchev–Trinajstić information content (AvgIpc) is 3.55. The van der Waals surface area contributed by atoms with Crippen molar-refractivity contribution >= 4 is 29.8 Å². The molecule has 4 saturated carbocycles. The Hall–Kier alpha value is -3.07. The van der Waals surface area contributed by atoms with E-state index in [2.05, 4.69) is 0 Å². The first-order valence-corrected chi connectivity index (χ1v) is 18.1. The molecule has 2 N–H and O–H groups in total. The maximum Gasteiger partial charge on any atom is 0.331 e.